The van der Waals surface area contributed by atoms with Crippen molar-refractivity contribution < 1.29 is 71.0 Å². The molecule has 2 nitrogen and oxygen atoms in total. The van der Waals surface area contributed by atoms with Crippen LogP contribution in [0.4, 0.5) is 61.5 Å². The summed E-state index contributed by atoms with van der Waals surface area (Å²) in [5.74, 6) is -31.4. The highest BCUT2D eigenvalue weighted by Crippen LogP contribution is 2.61. The Morgan fingerprint density at radius 1 is 0.821 bits per heavy atom. The van der Waals surface area contributed by atoms with Crippen molar-refractivity contribution in [2.75, 3.05) is 6.61 Å². The Bertz CT molecular complexity index is 581. The molecule has 28 heavy (non-hydrogen) atoms. The summed E-state index contributed by atoms with van der Waals surface area (Å²) in [5.41, 5.74) is -7.60. The van der Waals surface area contributed by atoms with Gasteiger partial charge in [0.1, 0.15) is 0 Å². The number of carbonyl (C=O) groups is 1. The minimum atomic E-state index is -8.04. The molecule has 0 fully saturated rings. The van der Waals surface area contributed by atoms with Gasteiger partial charge in [-0.2, -0.15) is 48.3 Å². The molecule has 0 amide bonds. The SMILES string of the molecule is C=CC(=O)OCCC(F)(F)C(F)(F)C(F)(F)C(F)(F)C(F)(C(F)F)C(F)(F)F. The molecule has 0 saturated heterocycles. The Balaban J connectivity index is 6.15. The van der Waals surface area contributed by atoms with E-state index in [9.17, 15) is 66.3 Å². The van der Waals surface area contributed by atoms with Crippen molar-refractivity contribution in [2.45, 2.75) is 48.4 Å². The van der Waals surface area contributed by atoms with Gasteiger partial charge >= 0.3 is 41.5 Å². The van der Waals surface area contributed by atoms with Crippen LogP contribution in [-0.4, -0.2) is 54.5 Å². The van der Waals surface area contributed by atoms with E-state index >= 15 is 0 Å². The Morgan fingerprint density at radius 2 is 1.25 bits per heavy atom. The molecule has 0 aromatic carbocycles. The summed E-state index contributed by atoms with van der Waals surface area (Å²) in [5, 5.41) is 0. The molecule has 16 heteroatoms. The van der Waals surface area contributed by atoms with Gasteiger partial charge in [0, 0.05) is 6.08 Å². The van der Waals surface area contributed by atoms with Gasteiger partial charge in [0.2, 0.25) is 0 Å². The van der Waals surface area contributed by atoms with Gasteiger partial charge in [0.15, 0.2) is 0 Å². The summed E-state index contributed by atoms with van der Waals surface area (Å²) < 4.78 is 185. The summed E-state index contributed by atoms with van der Waals surface area (Å²) in [7, 11) is 0. The summed E-state index contributed by atoms with van der Waals surface area (Å²) in [6.07, 6.45) is -16.0. The molecule has 0 N–H and O–H groups in total. The summed E-state index contributed by atoms with van der Waals surface area (Å²) >= 11 is 0. The van der Waals surface area contributed by atoms with E-state index < -0.39 is 61.0 Å². The van der Waals surface area contributed by atoms with Crippen LogP contribution >= 0.6 is 0 Å². The lowest BCUT2D eigenvalue weighted by Gasteiger charge is -2.42. The Kier molecular flexibility index (Phi) is 7.09. The number of hydrogen-bond acceptors (Lipinski definition) is 2. The van der Waals surface area contributed by atoms with E-state index in [-0.39, 0.29) is 6.08 Å². The van der Waals surface area contributed by atoms with Crippen molar-refractivity contribution in [3.8, 4) is 0 Å². The molecular weight excluding hydrogens is 442 g/mol. The minimum Gasteiger partial charge on any atom is -0.462 e. The zero-order valence-corrected chi connectivity index (χ0v) is 12.9. The van der Waals surface area contributed by atoms with Crippen LogP contribution in [0, 0.1) is 0 Å². The van der Waals surface area contributed by atoms with Crippen molar-refractivity contribution >= 4 is 5.97 Å². The number of esters is 1. The molecule has 0 aliphatic carbocycles. The third kappa shape index (κ3) is 3.86. The molecule has 0 aliphatic rings. The Labute approximate surface area is 146 Å². The van der Waals surface area contributed by atoms with Gasteiger partial charge in [0.05, 0.1) is 13.0 Å². The van der Waals surface area contributed by atoms with Crippen molar-refractivity contribution in [1.29, 1.82) is 0 Å². The highest BCUT2D eigenvalue weighted by Gasteiger charge is 2.91. The summed E-state index contributed by atoms with van der Waals surface area (Å²) in [6.45, 7) is 0.871. The van der Waals surface area contributed by atoms with E-state index in [1.807, 2.05) is 0 Å². The fourth-order valence-corrected chi connectivity index (χ4v) is 1.59. The van der Waals surface area contributed by atoms with Gasteiger partial charge in [-0.1, -0.05) is 6.58 Å². The van der Waals surface area contributed by atoms with Crippen molar-refractivity contribution in [3.05, 3.63) is 12.7 Å². The monoisotopic (exact) mass is 450 g/mol. The van der Waals surface area contributed by atoms with Gasteiger partial charge in [-0.15, -0.1) is 0 Å². The van der Waals surface area contributed by atoms with Gasteiger partial charge < -0.3 is 4.74 Å². The highest BCUT2D eigenvalue weighted by molar-refractivity contribution is 5.81. The van der Waals surface area contributed by atoms with Crippen LogP contribution in [0.15, 0.2) is 12.7 Å². The van der Waals surface area contributed by atoms with E-state index in [0.717, 1.165) is 0 Å². The zero-order valence-electron chi connectivity index (χ0n) is 12.9. The molecule has 0 radical (unpaired) electrons. The third-order valence-corrected chi connectivity index (χ3v) is 3.25. The normalized spacial score (nSPS) is 16.7. The van der Waals surface area contributed by atoms with E-state index in [0.29, 0.717) is 0 Å². The predicted molar refractivity (Wildman–Crippen MR) is 61.5 cm³/mol. The Morgan fingerprint density at radius 3 is 1.57 bits per heavy atom. The molecule has 166 valence electrons. The van der Waals surface area contributed by atoms with Crippen molar-refractivity contribution in [1.82, 2.24) is 0 Å². The number of carbonyl (C=O) groups excluding carboxylic acids is 1. The molecule has 0 heterocycles. The topological polar surface area (TPSA) is 26.3 Å². The third-order valence-electron chi connectivity index (χ3n) is 3.25. The molecule has 0 rings (SSSR count). The number of ether oxygens (including phenoxy) is 1. The van der Waals surface area contributed by atoms with Crippen molar-refractivity contribution in [3.63, 3.8) is 0 Å². The van der Waals surface area contributed by atoms with Crippen LogP contribution in [0.1, 0.15) is 6.42 Å². The zero-order chi connectivity index (χ0) is 23.0. The molecule has 1 unspecified atom stereocenters. The van der Waals surface area contributed by atoms with Crippen LogP contribution < -0.4 is 0 Å². The largest absolute Gasteiger partial charge is 0.462 e. The number of rotatable bonds is 9. The molecular formula is C12H8F14O2. The highest BCUT2D eigenvalue weighted by atomic mass is 19.4. The molecule has 0 saturated carbocycles. The summed E-state index contributed by atoms with van der Waals surface area (Å²) in [6, 6.07) is 0. The first-order chi connectivity index (χ1) is 12.1. The molecule has 0 spiro atoms. The molecule has 0 aromatic rings. The first-order valence-corrected chi connectivity index (χ1v) is 6.49. The van der Waals surface area contributed by atoms with Gasteiger partial charge in [-0.25, -0.2) is 18.0 Å². The molecule has 0 aromatic heterocycles. The lowest BCUT2D eigenvalue weighted by Crippen LogP contribution is -2.73. The lowest BCUT2D eigenvalue weighted by molar-refractivity contribution is -0.428. The van der Waals surface area contributed by atoms with E-state index in [4.69, 9.17) is 0 Å². The smallest absolute Gasteiger partial charge is 0.434 e. The molecule has 0 aliphatic heterocycles. The van der Waals surface area contributed by atoms with Gasteiger partial charge in [-0.3, -0.25) is 0 Å². The van der Waals surface area contributed by atoms with Crippen LogP contribution in [0.2, 0.25) is 0 Å². The predicted octanol–water partition coefficient (Wildman–Crippen LogP) is 5.18. The lowest BCUT2D eigenvalue weighted by atomic mass is 9.86. The fourth-order valence-electron chi connectivity index (χ4n) is 1.59. The standard InChI is InChI=1S/C12H8F14O2/c1-2-5(27)28-4-3-7(15,16)9(18,19)11(22,23)10(20,21)8(17,6(13)14)12(24,25)26/h2,6H,1,3-4H2. The second kappa shape index (κ2) is 7.57. The van der Waals surface area contributed by atoms with Crippen LogP contribution in [-0.2, 0) is 9.53 Å². The number of alkyl halides is 14. The quantitative estimate of drug-likeness (QED) is 0.275. The Hall–Kier alpha value is -1.77. The second-order valence-corrected chi connectivity index (χ2v) is 5.06. The average Bonchev–Trinajstić information content (AvgIpc) is 2.51. The van der Waals surface area contributed by atoms with Crippen molar-refractivity contribution in [2.24, 2.45) is 0 Å². The van der Waals surface area contributed by atoms with Crippen LogP contribution in [0.25, 0.3) is 0 Å². The first-order valence-electron chi connectivity index (χ1n) is 6.49. The number of halogens is 14. The maximum Gasteiger partial charge on any atom is 0.434 e. The molecule has 1 atom stereocenters. The maximum atomic E-state index is 13.3. The van der Waals surface area contributed by atoms with Crippen LogP contribution in [0.3, 0.4) is 0 Å². The number of hydrogen-bond donors (Lipinski definition) is 0. The van der Waals surface area contributed by atoms with Gasteiger partial charge in [-0.05, 0) is 0 Å². The van der Waals surface area contributed by atoms with E-state index in [1.54, 1.807) is 0 Å². The first kappa shape index (κ1) is 26.2. The van der Waals surface area contributed by atoms with E-state index in [1.165, 1.54) is 0 Å². The maximum absolute atomic E-state index is 13.3. The second-order valence-electron chi connectivity index (χ2n) is 5.06. The minimum absolute atomic E-state index is 0.280. The van der Waals surface area contributed by atoms with Crippen LogP contribution in [0.5, 0.6) is 0 Å². The average molecular weight is 450 g/mol. The van der Waals surface area contributed by atoms with E-state index in [2.05, 4.69) is 11.3 Å². The summed E-state index contributed by atoms with van der Waals surface area (Å²) in [4.78, 5) is 10.5. The molecule has 0 bridgehead atoms. The fraction of sp³-hybridized carbons (Fsp3) is 0.750. The van der Waals surface area contributed by atoms with Gasteiger partial charge in [0.25, 0.3) is 6.43 Å².